The van der Waals surface area contributed by atoms with Gasteiger partial charge in [-0.3, -0.25) is 9.08 Å². The number of piperidine rings is 1. The zero-order chi connectivity index (χ0) is 28.9. The SMILES string of the molecule is COC12CCC3(C[C@@H]1COCc1ccc(COS(C)(=O)=O)cc1)[C@H]1Cc4ccc(C)c5c4[C@@]3(CCN1CC1CC1)[C@H]2O5. The standard InChI is InChI=1S/C34H43NO6S/c1-22-4-11-26-16-28-32-12-13-34(38-2,31-33(32,29(26)30(22)41-31)14-15-35(28)18-23-5-6-23)27(17-32)21-39-19-24-7-9-25(10-8-24)20-40-42(3,36)37/h4,7-11,23,27-28,31H,5-6,12-21H2,1-3H3/t27-,28-,31-,32?,33+,34?/m1/s1. The Morgan fingerprint density at radius 1 is 1.02 bits per heavy atom. The van der Waals surface area contributed by atoms with Crippen LogP contribution in [0.5, 0.6) is 5.75 Å². The van der Waals surface area contributed by atoms with Crippen LogP contribution in [0.2, 0.25) is 0 Å². The van der Waals surface area contributed by atoms with Gasteiger partial charge in [-0.25, -0.2) is 0 Å². The zero-order valence-corrected chi connectivity index (χ0v) is 25.9. The maximum absolute atomic E-state index is 11.3. The molecule has 4 bridgehead atoms. The summed E-state index contributed by atoms with van der Waals surface area (Å²) < 4.78 is 47.9. The van der Waals surface area contributed by atoms with Crippen LogP contribution in [0.3, 0.4) is 0 Å². The van der Waals surface area contributed by atoms with Crippen molar-refractivity contribution in [1.29, 1.82) is 0 Å². The Balaban J connectivity index is 1.08. The van der Waals surface area contributed by atoms with Crippen LogP contribution in [0.15, 0.2) is 36.4 Å². The second-order valence-electron chi connectivity index (χ2n) is 14.1. The summed E-state index contributed by atoms with van der Waals surface area (Å²) in [6.07, 6.45) is 9.53. The van der Waals surface area contributed by atoms with Gasteiger partial charge in [0.05, 0.1) is 26.1 Å². The molecule has 42 heavy (non-hydrogen) atoms. The highest BCUT2D eigenvalue weighted by atomic mass is 32.2. The van der Waals surface area contributed by atoms with Crippen LogP contribution in [-0.4, -0.2) is 64.1 Å². The average Bonchev–Trinajstić information content (AvgIpc) is 3.72. The number of benzene rings is 2. The van der Waals surface area contributed by atoms with Gasteiger partial charge in [-0.1, -0.05) is 36.4 Å². The number of rotatable bonds is 10. The molecule has 0 radical (unpaired) electrons. The topological polar surface area (TPSA) is 74.3 Å². The largest absolute Gasteiger partial charge is 0.486 e. The van der Waals surface area contributed by atoms with Gasteiger partial charge in [-0.2, -0.15) is 8.42 Å². The molecule has 1 saturated heterocycles. The lowest BCUT2D eigenvalue weighted by molar-refractivity contribution is -0.283. The molecule has 2 unspecified atom stereocenters. The van der Waals surface area contributed by atoms with Crippen molar-refractivity contribution in [2.75, 3.05) is 33.1 Å². The lowest BCUT2D eigenvalue weighted by Crippen LogP contribution is -2.81. The van der Waals surface area contributed by atoms with E-state index in [2.05, 4.69) is 24.0 Å². The minimum absolute atomic E-state index is 0.0287. The first-order valence-electron chi connectivity index (χ1n) is 15.8. The average molecular weight is 594 g/mol. The molecule has 2 aliphatic heterocycles. The maximum atomic E-state index is 11.3. The van der Waals surface area contributed by atoms with Crippen LogP contribution >= 0.6 is 0 Å². The van der Waals surface area contributed by atoms with E-state index in [0.717, 1.165) is 48.3 Å². The number of ether oxygens (including phenoxy) is 3. The van der Waals surface area contributed by atoms with Gasteiger partial charge in [0.15, 0.2) is 0 Å². The fraction of sp³-hybridized carbons (Fsp3) is 0.647. The molecule has 0 N–H and O–H groups in total. The normalized spacial score (nSPS) is 36.1. The van der Waals surface area contributed by atoms with E-state index in [1.165, 1.54) is 55.5 Å². The molecule has 8 heteroatoms. The molecule has 0 aromatic heterocycles. The number of hydrogen-bond acceptors (Lipinski definition) is 7. The number of hydrogen-bond donors (Lipinski definition) is 0. The summed E-state index contributed by atoms with van der Waals surface area (Å²) in [6, 6.07) is 13.1. The molecule has 4 saturated carbocycles. The third kappa shape index (κ3) is 3.87. The van der Waals surface area contributed by atoms with E-state index in [4.69, 9.17) is 18.4 Å². The smallest absolute Gasteiger partial charge is 0.264 e. The first-order chi connectivity index (χ1) is 20.2. The predicted molar refractivity (Wildman–Crippen MR) is 159 cm³/mol. The lowest BCUT2D eigenvalue weighted by Gasteiger charge is -2.74. The molecule has 0 amide bonds. The van der Waals surface area contributed by atoms with Crippen LogP contribution in [0.1, 0.15) is 66.3 Å². The molecule has 2 aromatic carbocycles. The molecular weight excluding hydrogens is 550 g/mol. The Hall–Kier alpha value is -1.97. The summed E-state index contributed by atoms with van der Waals surface area (Å²) in [7, 11) is -1.56. The summed E-state index contributed by atoms with van der Waals surface area (Å²) in [6.45, 7) is 5.83. The molecule has 7 aliphatic rings. The number of aryl methyl sites for hydroxylation is 1. The minimum Gasteiger partial charge on any atom is -0.486 e. The fourth-order valence-corrected chi connectivity index (χ4v) is 10.5. The third-order valence-corrected chi connectivity index (χ3v) is 12.6. The van der Waals surface area contributed by atoms with Gasteiger partial charge in [0.2, 0.25) is 0 Å². The van der Waals surface area contributed by atoms with Crippen LogP contribution in [0.4, 0.5) is 0 Å². The maximum Gasteiger partial charge on any atom is 0.264 e. The van der Waals surface area contributed by atoms with Crippen molar-refractivity contribution in [3.63, 3.8) is 0 Å². The van der Waals surface area contributed by atoms with Crippen molar-refractivity contribution in [3.8, 4) is 5.75 Å². The Morgan fingerprint density at radius 2 is 1.79 bits per heavy atom. The van der Waals surface area contributed by atoms with Crippen molar-refractivity contribution in [2.24, 2.45) is 17.3 Å². The van der Waals surface area contributed by atoms with Crippen molar-refractivity contribution >= 4 is 10.1 Å². The highest BCUT2D eigenvalue weighted by Crippen LogP contribution is 2.76. The molecule has 5 aliphatic carbocycles. The summed E-state index contributed by atoms with van der Waals surface area (Å²) in [5, 5.41) is 0. The second-order valence-corrected chi connectivity index (χ2v) is 15.8. The molecule has 2 heterocycles. The molecular formula is C34H43NO6S. The van der Waals surface area contributed by atoms with Crippen LogP contribution in [0.25, 0.3) is 0 Å². The number of methoxy groups -OCH3 is 1. The van der Waals surface area contributed by atoms with E-state index in [0.29, 0.717) is 19.3 Å². The summed E-state index contributed by atoms with van der Waals surface area (Å²) >= 11 is 0. The minimum atomic E-state index is -3.46. The Labute approximate surface area is 250 Å². The Kier molecular flexibility index (Phi) is 6.24. The Morgan fingerprint density at radius 3 is 2.50 bits per heavy atom. The second kappa shape index (κ2) is 9.51. The summed E-state index contributed by atoms with van der Waals surface area (Å²) in [5.74, 6) is 2.30. The van der Waals surface area contributed by atoms with E-state index in [1.54, 1.807) is 0 Å². The van der Waals surface area contributed by atoms with Crippen molar-refractivity contribution < 1.29 is 26.8 Å². The van der Waals surface area contributed by atoms with Crippen LogP contribution in [-0.2, 0) is 48.8 Å². The van der Waals surface area contributed by atoms with Crippen molar-refractivity contribution in [3.05, 3.63) is 64.2 Å². The van der Waals surface area contributed by atoms with E-state index in [9.17, 15) is 8.42 Å². The number of nitrogens with zero attached hydrogens (tertiary/aromatic N) is 1. The van der Waals surface area contributed by atoms with Gasteiger partial charge >= 0.3 is 0 Å². The van der Waals surface area contributed by atoms with E-state index in [-0.39, 0.29) is 35.1 Å². The lowest BCUT2D eigenvalue weighted by atomic mass is 9.35. The van der Waals surface area contributed by atoms with Gasteiger partial charge in [0.25, 0.3) is 10.1 Å². The third-order valence-electron chi connectivity index (χ3n) is 12.1. The summed E-state index contributed by atoms with van der Waals surface area (Å²) in [5.41, 5.74) is 6.06. The van der Waals surface area contributed by atoms with E-state index >= 15 is 0 Å². The molecule has 2 spiro atoms. The molecule has 7 nitrogen and oxygen atoms in total. The molecule has 6 atom stereocenters. The zero-order valence-electron chi connectivity index (χ0n) is 25.1. The van der Waals surface area contributed by atoms with Gasteiger partial charge in [0.1, 0.15) is 17.5 Å². The van der Waals surface area contributed by atoms with E-state index in [1.807, 2.05) is 31.4 Å². The summed E-state index contributed by atoms with van der Waals surface area (Å²) in [4.78, 5) is 2.89. The Bertz CT molecular complexity index is 1500. The first-order valence-corrected chi connectivity index (χ1v) is 17.6. The molecule has 5 fully saturated rings. The molecule has 9 rings (SSSR count). The quantitative estimate of drug-likeness (QED) is 0.363. The van der Waals surface area contributed by atoms with Gasteiger partial charge in [0, 0.05) is 42.0 Å². The monoisotopic (exact) mass is 593 g/mol. The van der Waals surface area contributed by atoms with Crippen LogP contribution < -0.4 is 4.74 Å². The van der Waals surface area contributed by atoms with Gasteiger partial charge in [-0.15, -0.1) is 0 Å². The van der Waals surface area contributed by atoms with Crippen LogP contribution in [0, 0.1) is 24.2 Å². The predicted octanol–water partition coefficient (Wildman–Crippen LogP) is 4.91. The number of likely N-dealkylation sites (tertiary alicyclic amines) is 1. The number of fused-ring (bicyclic) bond motifs is 2. The highest BCUT2D eigenvalue weighted by molar-refractivity contribution is 7.85. The van der Waals surface area contributed by atoms with Gasteiger partial charge < -0.3 is 14.2 Å². The molecule has 2 aromatic rings. The molecule has 226 valence electrons. The fourth-order valence-electron chi connectivity index (χ4n) is 10.1. The van der Waals surface area contributed by atoms with Crippen molar-refractivity contribution in [2.45, 2.75) is 88.2 Å². The first kappa shape index (κ1) is 27.6. The highest BCUT2D eigenvalue weighted by Gasteiger charge is 2.80. The van der Waals surface area contributed by atoms with E-state index < -0.39 is 10.1 Å². The van der Waals surface area contributed by atoms with Crippen molar-refractivity contribution in [1.82, 2.24) is 4.90 Å². The van der Waals surface area contributed by atoms with Gasteiger partial charge in [-0.05, 0) is 86.6 Å².